The van der Waals surface area contributed by atoms with Crippen molar-refractivity contribution in [3.05, 3.63) is 75.3 Å². The van der Waals surface area contributed by atoms with E-state index in [2.05, 4.69) is 77.4 Å². The van der Waals surface area contributed by atoms with Gasteiger partial charge in [-0.05, 0) is 115 Å². The van der Waals surface area contributed by atoms with Crippen LogP contribution in [0.4, 0.5) is 36.3 Å². The Morgan fingerprint density at radius 3 is 2.10 bits per heavy atom. The highest BCUT2D eigenvalue weighted by Gasteiger charge is 2.29. The molecule has 2 saturated heterocycles. The molecule has 61 heavy (non-hydrogen) atoms. The van der Waals surface area contributed by atoms with Gasteiger partial charge in [0, 0.05) is 65.6 Å². The van der Waals surface area contributed by atoms with Crippen LogP contribution in [0.2, 0.25) is 25.7 Å². The molecule has 2 atom stereocenters. The van der Waals surface area contributed by atoms with Gasteiger partial charge >= 0.3 is 6.09 Å². The first-order valence-electron chi connectivity index (χ1n) is 20.4. The number of imidazole rings is 1. The standard InChI is InChI=1S/C26H39BrFN5O4Si.C16H18BrFN4O/c1-26(2,3)37-25(35)29-18-9-8-12-32(15-18)22-19(28)10-7-11-20(22)30-24(34)23-31-21(27)16-33(23)17-36-13-14-38(4,5)6;17-14-7-6-13(20-14)16(23)21-12-5-1-4-11(18)15(12)22-8-2-3-10(19)9-22/h7,10-11,16,18H,8-9,12-15,17H2,1-6H3,(H,29,35)(H,30,34);1,4-5,7,10H,2-3,6,8-9,19H2,(H,21,23)/t18-;10-/m11/s1. The highest BCUT2D eigenvalue weighted by Crippen LogP contribution is 2.33. The number of nitrogens with zero attached hydrogens (tertiary/aromatic N) is 5. The van der Waals surface area contributed by atoms with E-state index < -0.39 is 31.5 Å². The van der Waals surface area contributed by atoms with Gasteiger partial charge in [0.05, 0.1) is 22.7 Å². The number of aromatic nitrogens is 2. The molecule has 0 bridgehead atoms. The normalized spacial score (nSPS) is 18.1. The maximum absolute atomic E-state index is 15.1. The van der Waals surface area contributed by atoms with Gasteiger partial charge in [0.1, 0.15) is 38.9 Å². The van der Waals surface area contributed by atoms with E-state index in [-0.39, 0.29) is 42.1 Å². The molecular weight excluding hydrogens is 936 g/mol. The van der Waals surface area contributed by atoms with Gasteiger partial charge in [0.2, 0.25) is 5.82 Å². The molecule has 3 aliphatic heterocycles. The van der Waals surface area contributed by atoms with E-state index in [4.69, 9.17) is 15.2 Å². The Bertz CT molecular complexity index is 2110. The second-order valence-electron chi connectivity index (χ2n) is 17.5. The minimum atomic E-state index is -1.24. The molecule has 0 unspecified atom stereocenters. The molecule has 0 radical (unpaired) electrons. The number of para-hydroxylation sites is 2. The van der Waals surface area contributed by atoms with Gasteiger partial charge < -0.3 is 45.5 Å². The SMILES string of the molecule is CC(C)(C)OC(=O)N[C@@H]1CCCN(c2c(F)cccc2NC(=O)c2nc(Br)cn2COCC[Si](C)(C)C)C1.N[C@@H]1CCCN(c2c(F)cccc2NC(=O)C2=NC(Br)=CC2)C1. The Labute approximate surface area is 374 Å². The number of nitrogens with two attached hydrogens (primary N) is 1. The summed E-state index contributed by atoms with van der Waals surface area (Å²) in [5, 5.41) is 8.50. The van der Waals surface area contributed by atoms with Crippen LogP contribution in [0.15, 0.2) is 62.9 Å². The lowest BCUT2D eigenvalue weighted by Gasteiger charge is -2.36. The van der Waals surface area contributed by atoms with Crippen LogP contribution in [0.25, 0.3) is 0 Å². The number of carbonyl (C=O) groups excluding carboxylic acids is 3. The van der Waals surface area contributed by atoms with E-state index in [1.54, 1.807) is 55.8 Å². The molecule has 2 fully saturated rings. The van der Waals surface area contributed by atoms with Crippen LogP contribution in [0, 0.1) is 11.6 Å². The summed E-state index contributed by atoms with van der Waals surface area (Å²) in [5.41, 5.74) is 7.26. The summed E-state index contributed by atoms with van der Waals surface area (Å²) in [5.74, 6) is -1.45. The molecule has 14 nitrogen and oxygen atoms in total. The van der Waals surface area contributed by atoms with Crippen LogP contribution >= 0.6 is 31.9 Å². The number of rotatable bonds is 12. The summed E-state index contributed by atoms with van der Waals surface area (Å²) in [7, 11) is -1.24. The fourth-order valence-electron chi connectivity index (χ4n) is 6.98. The first-order valence-corrected chi connectivity index (χ1v) is 25.7. The number of carbonyl (C=O) groups is 3. The quantitative estimate of drug-likeness (QED) is 0.0789. The lowest BCUT2D eigenvalue weighted by molar-refractivity contribution is -0.110. The molecule has 19 heteroatoms. The molecule has 1 aromatic heterocycles. The third kappa shape index (κ3) is 14.4. The molecule has 0 aliphatic carbocycles. The van der Waals surface area contributed by atoms with Crippen LogP contribution in [0.3, 0.4) is 0 Å². The van der Waals surface area contributed by atoms with E-state index in [0.29, 0.717) is 64.6 Å². The predicted octanol–water partition coefficient (Wildman–Crippen LogP) is 8.62. The molecule has 6 rings (SSSR count). The topological polar surface area (TPSA) is 168 Å². The number of hydrogen-bond donors (Lipinski definition) is 4. The Morgan fingerprint density at radius 2 is 1.52 bits per heavy atom. The van der Waals surface area contributed by atoms with Crippen molar-refractivity contribution in [3.8, 4) is 0 Å². The fourth-order valence-corrected chi connectivity index (χ4v) is 8.53. The van der Waals surface area contributed by atoms with Gasteiger partial charge in [0.25, 0.3) is 11.8 Å². The Hall–Kier alpha value is -4.17. The average Bonchev–Trinajstić information content (AvgIpc) is 3.77. The molecule has 4 heterocycles. The van der Waals surface area contributed by atoms with E-state index >= 15 is 4.39 Å². The second kappa shape index (κ2) is 21.3. The molecule has 3 aliphatic rings. The number of nitrogens with one attached hydrogen (secondary N) is 3. The van der Waals surface area contributed by atoms with Crippen molar-refractivity contribution >= 4 is 86.3 Å². The predicted molar refractivity (Wildman–Crippen MR) is 247 cm³/mol. The third-order valence-corrected chi connectivity index (χ3v) is 12.4. The summed E-state index contributed by atoms with van der Waals surface area (Å²) in [6, 6.07) is 10.1. The maximum Gasteiger partial charge on any atom is 0.407 e. The van der Waals surface area contributed by atoms with Crippen molar-refractivity contribution in [1.29, 1.82) is 0 Å². The minimum Gasteiger partial charge on any atom is -0.444 e. The summed E-state index contributed by atoms with van der Waals surface area (Å²) >= 11 is 6.58. The van der Waals surface area contributed by atoms with Crippen LogP contribution in [-0.2, 0) is 21.0 Å². The first kappa shape index (κ1) is 47.9. The number of alkyl carbamates (subject to hydrolysis) is 1. The van der Waals surface area contributed by atoms with Crippen LogP contribution in [0.1, 0.15) is 63.5 Å². The molecule has 332 valence electrons. The number of ether oxygens (including phenoxy) is 2. The van der Waals surface area contributed by atoms with Crippen molar-refractivity contribution in [2.24, 2.45) is 10.7 Å². The number of halogens is 4. The first-order chi connectivity index (χ1) is 28.8. The third-order valence-electron chi connectivity index (χ3n) is 9.85. The van der Waals surface area contributed by atoms with Crippen molar-refractivity contribution in [2.75, 3.05) is 53.2 Å². The number of piperidine rings is 2. The van der Waals surface area contributed by atoms with E-state index in [1.165, 1.54) is 12.1 Å². The molecular formula is C42H57Br2F2N9O5Si. The van der Waals surface area contributed by atoms with E-state index in [0.717, 1.165) is 38.3 Å². The van der Waals surface area contributed by atoms with Crippen molar-refractivity contribution < 1.29 is 32.6 Å². The van der Waals surface area contributed by atoms with E-state index in [1.807, 2.05) is 15.9 Å². The second-order valence-corrected chi connectivity index (χ2v) is 24.7. The monoisotopic (exact) mass is 991 g/mol. The molecule has 5 N–H and O–H groups in total. The zero-order valence-electron chi connectivity index (χ0n) is 35.6. The average molecular weight is 994 g/mol. The van der Waals surface area contributed by atoms with Gasteiger partial charge in [-0.3, -0.25) is 9.59 Å². The lowest BCUT2D eigenvalue weighted by Crippen LogP contribution is -2.49. The Morgan fingerprint density at radius 1 is 0.918 bits per heavy atom. The lowest BCUT2D eigenvalue weighted by atomic mass is 10.0. The van der Waals surface area contributed by atoms with E-state index in [9.17, 15) is 18.8 Å². The number of amides is 3. The summed E-state index contributed by atoms with van der Waals surface area (Å²) in [6.45, 7) is 15.3. The minimum absolute atomic E-state index is 0.0197. The smallest absolute Gasteiger partial charge is 0.407 e. The van der Waals surface area contributed by atoms with Gasteiger partial charge in [-0.2, -0.15) is 0 Å². The fraction of sp³-hybridized carbons (Fsp3) is 0.500. The molecule has 0 spiro atoms. The Balaban J connectivity index is 0.000000260. The molecule has 2 aromatic carbocycles. The van der Waals surface area contributed by atoms with Gasteiger partial charge in [0.15, 0.2) is 0 Å². The zero-order valence-corrected chi connectivity index (χ0v) is 39.8. The highest BCUT2D eigenvalue weighted by molar-refractivity contribution is 9.11. The summed E-state index contributed by atoms with van der Waals surface area (Å²) in [4.78, 5) is 50.0. The van der Waals surface area contributed by atoms with Crippen LogP contribution < -0.4 is 31.5 Å². The van der Waals surface area contributed by atoms with Crippen molar-refractivity contribution in [3.63, 3.8) is 0 Å². The number of benzene rings is 2. The number of hydrogen-bond acceptors (Lipinski definition) is 10. The number of anilines is 4. The zero-order chi connectivity index (χ0) is 44.5. The van der Waals surface area contributed by atoms with Crippen molar-refractivity contribution in [2.45, 2.75) is 103 Å². The largest absolute Gasteiger partial charge is 0.444 e. The summed E-state index contributed by atoms with van der Waals surface area (Å²) in [6.07, 6.45) is 6.79. The molecule has 3 aromatic rings. The van der Waals surface area contributed by atoms with Crippen LogP contribution in [-0.4, -0.2) is 91.7 Å². The molecule has 0 saturated carbocycles. The highest BCUT2D eigenvalue weighted by atomic mass is 79.9. The number of allylic oxidation sites excluding steroid dienone is 1. The van der Waals surface area contributed by atoms with Gasteiger partial charge in [-0.1, -0.05) is 31.8 Å². The Kier molecular flexibility index (Phi) is 16.7. The van der Waals surface area contributed by atoms with Gasteiger partial charge in [-0.15, -0.1) is 0 Å². The summed E-state index contributed by atoms with van der Waals surface area (Å²) < 4.78 is 43.5. The van der Waals surface area contributed by atoms with Gasteiger partial charge in [-0.25, -0.2) is 23.6 Å². The molecule has 3 amide bonds. The van der Waals surface area contributed by atoms with Crippen LogP contribution in [0.5, 0.6) is 0 Å². The van der Waals surface area contributed by atoms with Crippen molar-refractivity contribution in [1.82, 2.24) is 14.9 Å². The maximum atomic E-state index is 15.1. The number of aliphatic imine (C=N–C) groups is 1.